The maximum atomic E-state index is 11.6. The molecule has 0 aromatic heterocycles. The van der Waals surface area contributed by atoms with Crippen molar-refractivity contribution in [1.82, 2.24) is 10.6 Å². The fraction of sp³-hybridized carbons (Fsp3) is 0.909. The van der Waals surface area contributed by atoms with Crippen LogP contribution >= 0.6 is 12.4 Å². The van der Waals surface area contributed by atoms with E-state index in [0.29, 0.717) is 12.3 Å². The molecule has 2 atom stereocenters. The average Bonchev–Trinajstić information content (AvgIpc) is 2.19. The number of halogens is 1. The van der Waals surface area contributed by atoms with Gasteiger partial charge in [0.2, 0.25) is 5.91 Å². The first kappa shape index (κ1) is 17.7. The van der Waals surface area contributed by atoms with Gasteiger partial charge in [-0.25, -0.2) is 8.42 Å². The quantitative estimate of drug-likeness (QED) is 0.768. The molecule has 2 N–H and O–H groups in total. The molecule has 1 aliphatic heterocycles. The van der Waals surface area contributed by atoms with Crippen LogP contribution in [0.3, 0.4) is 0 Å². The Hall–Kier alpha value is -0.330. The Bertz CT molecular complexity index is 359. The van der Waals surface area contributed by atoms with Crippen LogP contribution in [0, 0.1) is 5.92 Å². The molecule has 5 nitrogen and oxygen atoms in total. The summed E-state index contributed by atoms with van der Waals surface area (Å²) in [6, 6.07) is 0.175. The number of sulfone groups is 1. The van der Waals surface area contributed by atoms with Crippen molar-refractivity contribution in [3.63, 3.8) is 0 Å². The second-order valence-electron chi connectivity index (χ2n) is 4.88. The topological polar surface area (TPSA) is 75.3 Å². The van der Waals surface area contributed by atoms with Crippen LogP contribution < -0.4 is 10.6 Å². The molecule has 0 spiro atoms. The Morgan fingerprint density at radius 1 is 1.44 bits per heavy atom. The summed E-state index contributed by atoms with van der Waals surface area (Å²) >= 11 is 0. The molecule has 0 aliphatic carbocycles. The van der Waals surface area contributed by atoms with E-state index < -0.39 is 9.84 Å². The second-order valence-corrected chi connectivity index (χ2v) is 7.14. The second kappa shape index (κ2) is 7.96. The Morgan fingerprint density at radius 2 is 2.11 bits per heavy atom. The minimum absolute atomic E-state index is 0. The fourth-order valence-corrected chi connectivity index (χ4v) is 2.63. The van der Waals surface area contributed by atoms with Crippen LogP contribution in [0.2, 0.25) is 0 Å². The van der Waals surface area contributed by atoms with Crippen LogP contribution in [0.25, 0.3) is 0 Å². The third-order valence-corrected chi connectivity index (χ3v) is 4.12. The minimum Gasteiger partial charge on any atom is -0.352 e. The van der Waals surface area contributed by atoms with Gasteiger partial charge in [0.1, 0.15) is 9.84 Å². The first-order valence-electron chi connectivity index (χ1n) is 6.06. The van der Waals surface area contributed by atoms with Crippen LogP contribution in [0.15, 0.2) is 0 Å². The lowest BCUT2D eigenvalue weighted by Gasteiger charge is -2.30. The monoisotopic (exact) mass is 298 g/mol. The molecule has 7 heteroatoms. The summed E-state index contributed by atoms with van der Waals surface area (Å²) in [5.74, 6) is 0.517. The van der Waals surface area contributed by atoms with Gasteiger partial charge in [0, 0.05) is 25.3 Å². The lowest BCUT2D eigenvalue weighted by molar-refractivity contribution is -0.122. The third kappa shape index (κ3) is 7.18. The van der Waals surface area contributed by atoms with Gasteiger partial charge >= 0.3 is 0 Å². The first-order chi connectivity index (χ1) is 7.88. The van der Waals surface area contributed by atoms with Gasteiger partial charge in [-0.1, -0.05) is 6.92 Å². The average molecular weight is 299 g/mol. The van der Waals surface area contributed by atoms with Crippen LogP contribution in [-0.4, -0.2) is 45.5 Å². The summed E-state index contributed by atoms with van der Waals surface area (Å²) in [5.41, 5.74) is 0. The number of carbonyl (C=O) groups is 1. The number of hydrogen-bond donors (Lipinski definition) is 2. The molecule has 1 heterocycles. The summed E-state index contributed by atoms with van der Waals surface area (Å²) in [4.78, 5) is 11.6. The number of hydrogen-bond acceptors (Lipinski definition) is 4. The van der Waals surface area contributed by atoms with E-state index in [1.807, 2.05) is 0 Å². The predicted octanol–water partition coefficient (Wildman–Crippen LogP) is 0.347. The molecular formula is C11H23ClN2O3S. The summed E-state index contributed by atoms with van der Waals surface area (Å²) < 4.78 is 21.8. The number of carbonyl (C=O) groups excluding carboxylic acids is 1. The highest BCUT2D eigenvalue weighted by Crippen LogP contribution is 2.11. The lowest BCUT2D eigenvalue weighted by atomic mass is 9.95. The SMILES string of the molecule is CC1CCNCC1NC(=O)CCCS(C)(=O)=O.Cl. The zero-order valence-electron chi connectivity index (χ0n) is 10.9. The van der Waals surface area contributed by atoms with E-state index in [1.54, 1.807) is 0 Å². The van der Waals surface area contributed by atoms with Crippen molar-refractivity contribution in [2.75, 3.05) is 25.1 Å². The fourth-order valence-electron chi connectivity index (χ4n) is 1.96. The maximum Gasteiger partial charge on any atom is 0.220 e. The van der Waals surface area contributed by atoms with Crippen molar-refractivity contribution >= 4 is 28.2 Å². The van der Waals surface area contributed by atoms with Gasteiger partial charge in [0.05, 0.1) is 5.75 Å². The summed E-state index contributed by atoms with van der Waals surface area (Å²) in [7, 11) is -2.96. The van der Waals surface area contributed by atoms with Crippen molar-refractivity contribution in [2.45, 2.75) is 32.2 Å². The van der Waals surface area contributed by atoms with Crippen LogP contribution in [0.5, 0.6) is 0 Å². The summed E-state index contributed by atoms with van der Waals surface area (Å²) in [6.45, 7) is 3.93. The minimum atomic E-state index is -2.96. The summed E-state index contributed by atoms with van der Waals surface area (Å²) in [6.07, 6.45) is 2.95. The van der Waals surface area contributed by atoms with Gasteiger partial charge in [0.15, 0.2) is 0 Å². The van der Waals surface area contributed by atoms with E-state index in [1.165, 1.54) is 6.26 Å². The van der Waals surface area contributed by atoms with Crippen molar-refractivity contribution < 1.29 is 13.2 Å². The van der Waals surface area contributed by atoms with E-state index >= 15 is 0 Å². The Kier molecular flexibility index (Phi) is 7.82. The highest BCUT2D eigenvalue weighted by atomic mass is 35.5. The van der Waals surface area contributed by atoms with Gasteiger partial charge in [-0.15, -0.1) is 12.4 Å². The van der Waals surface area contributed by atoms with Crippen molar-refractivity contribution in [2.24, 2.45) is 5.92 Å². The van der Waals surface area contributed by atoms with Crippen molar-refractivity contribution in [3.8, 4) is 0 Å². The number of piperidine rings is 1. The standard InChI is InChI=1S/C11H22N2O3S.ClH/c1-9-5-6-12-8-10(9)13-11(14)4-3-7-17(2,15)16;/h9-10,12H,3-8H2,1-2H3,(H,13,14);1H. The van der Waals surface area contributed by atoms with Gasteiger partial charge in [-0.2, -0.15) is 0 Å². The Balaban J connectivity index is 0.00000289. The van der Waals surface area contributed by atoms with E-state index in [4.69, 9.17) is 0 Å². The van der Waals surface area contributed by atoms with Gasteiger partial charge in [-0.3, -0.25) is 4.79 Å². The largest absolute Gasteiger partial charge is 0.352 e. The van der Waals surface area contributed by atoms with Crippen LogP contribution in [-0.2, 0) is 14.6 Å². The molecule has 0 radical (unpaired) electrons. The summed E-state index contributed by atoms with van der Waals surface area (Å²) in [5, 5.41) is 6.20. The molecule has 1 rings (SSSR count). The number of amides is 1. The van der Waals surface area contributed by atoms with Crippen LogP contribution in [0.4, 0.5) is 0 Å². The van der Waals surface area contributed by atoms with Crippen molar-refractivity contribution in [3.05, 3.63) is 0 Å². The molecule has 2 unspecified atom stereocenters. The van der Waals surface area contributed by atoms with Gasteiger partial charge in [-0.05, 0) is 25.3 Å². The van der Waals surface area contributed by atoms with E-state index in [-0.39, 0.29) is 36.5 Å². The number of rotatable bonds is 5. The zero-order valence-corrected chi connectivity index (χ0v) is 12.6. The molecule has 0 bridgehead atoms. The van der Waals surface area contributed by atoms with E-state index in [9.17, 15) is 13.2 Å². The van der Waals surface area contributed by atoms with Gasteiger partial charge < -0.3 is 10.6 Å². The Labute approximate surface area is 115 Å². The van der Waals surface area contributed by atoms with Crippen molar-refractivity contribution in [1.29, 1.82) is 0 Å². The molecule has 1 aliphatic rings. The Morgan fingerprint density at radius 3 is 2.67 bits per heavy atom. The predicted molar refractivity (Wildman–Crippen MR) is 74.8 cm³/mol. The number of nitrogens with one attached hydrogen (secondary N) is 2. The normalized spacial score (nSPS) is 24.1. The lowest BCUT2D eigenvalue weighted by Crippen LogP contribution is -2.50. The molecule has 1 saturated heterocycles. The molecular weight excluding hydrogens is 276 g/mol. The molecule has 1 amide bonds. The smallest absolute Gasteiger partial charge is 0.220 e. The van der Waals surface area contributed by atoms with E-state index in [2.05, 4.69) is 17.6 Å². The highest BCUT2D eigenvalue weighted by Gasteiger charge is 2.22. The van der Waals surface area contributed by atoms with Gasteiger partial charge in [0.25, 0.3) is 0 Å². The first-order valence-corrected chi connectivity index (χ1v) is 8.12. The molecule has 0 saturated carbocycles. The van der Waals surface area contributed by atoms with Crippen LogP contribution in [0.1, 0.15) is 26.2 Å². The maximum absolute atomic E-state index is 11.6. The van der Waals surface area contributed by atoms with E-state index in [0.717, 1.165) is 19.5 Å². The highest BCUT2D eigenvalue weighted by molar-refractivity contribution is 7.90. The molecule has 1 fully saturated rings. The molecule has 0 aromatic rings. The third-order valence-electron chi connectivity index (χ3n) is 3.09. The molecule has 0 aromatic carbocycles. The molecule has 18 heavy (non-hydrogen) atoms. The zero-order chi connectivity index (χ0) is 12.9. The molecule has 108 valence electrons.